The van der Waals surface area contributed by atoms with Crippen LogP contribution in [0, 0.1) is 6.92 Å². The molecule has 0 saturated carbocycles. The van der Waals surface area contributed by atoms with Crippen molar-refractivity contribution in [1.29, 1.82) is 0 Å². The fourth-order valence-electron chi connectivity index (χ4n) is 3.11. The van der Waals surface area contributed by atoms with E-state index in [1.165, 1.54) is 5.56 Å². The van der Waals surface area contributed by atoms with Crippen molar-refractivity contribution in [1.82, 2.24) is 15.2 Å². The third-order valence-corrected chi connectivity index (χ3v) is 4.35. The zero-order valence-electron chi connectivity index (χ0n) is 13.4. The molecule has 0 spiro atoms. The first-order valence-corrected chi connectivity index (χ1v) is 8.00. The van der Waals surface area contributed by atoms with Gasteiger partial charge in [0.25, 0.3) is 0 Å². The fourth-order valence-corrected chi connectivity index (χ4v) is 3.11. The standard InChI is InChI=1S/C18H18N4O2/c1-11-15-8-13(10-19-18(15)22-21-11)20-17(23)9-16-14-5-3-2-4-12(14)6-7-24-16/h2-5,8,10,16H,6-7,9H2,1H3,(H,20,23)(H,19,21,22)/t16-/m1/s1. The normalized spacial score (nSPS) is 16.8. The van der Waals surface area contributed by atoms with Crippen LogP contribution < -0.4 is 5.32 Å². The first kappa shape index (κ1) is 14.8. The molecule has 2 aromatic heterocycles. The number of anilines is 1. The number of fused-ring (bicyclic) bond motifs is 2. The van der Waals surface area contributed by atoms with Crippen molar-refractivity contribution in [2.45, 2.75) is 25.9 Å². The highest BCUT2D eigenvalue weighted by Crippen LogP contribution is 2.29. The van der Waals surface area contributed by atoms with E-state index < -0.39 is 0 Å². The van der Waals surface area contributed by atoms with Crippen LogP contribution in [0.15, 0.2) is 36.5 Å². The minimum atomic E-state index is -0.192. The Kier molecular flexibility index (Phi) is 3.74. The molecule has 0 aliphatic carbocycles. The van der Waals surface area contributed by atoms with E-state index in [4.69, 9.17) is 4.74 Å². The van der Waals surface area contributed by atoms with Crippen molar-refractivity contribution in [3.63, 3.8) is 0 Å². The highest BCUT2D eigenvalue weighted by Gasteiger charge is 2.23. The SMILES string of the molecule is Cc1[nH]nc2ncc(NC(=O)C[C@H]3OCCc4ccccc43)cc12. The Balaban J connectivity index is 1.49. The molecule has 0 radical (unpaired) electrons. The summed E-state index contributed by atoms with van der Waals surface area (Å²) in [5, 5.41) is 10.8. The van der Waals surface area contributed by atoms with Gasteiger partial charge in [-0.3, -0.25) is 9.89 Å². The number of hydrogen-bond donors (Lipinski definition) is 2. The van der Waals surface area contributed by atoms with E-state index in [-0.39, 0.29) is 12.0 Å². The average molecular weight is 322 g/mol. The molecule has 1 aliphatic rings. The van der Waals surface area contributed by atoms with E-state index >= 15 is 0 Å². The number of aryl methyl sites for hydroxylation is 1. The molecule has 4 rings (SSSR count). The first-order valence-electron chi connectivity index (χ1n) is 8.00. The van der Waals surface area contributed by atoms with Crippen LogP contribution in [0.5, 0.6) is 0 Å². The highest BCUT2D eigenvalue weighted by atomic mass is 16.5. The lowest BCUT2D eigenvalue weighted by Crippen LogP contribution is -2.22. The van der Waals surface area contributed by atoms with E-state index in [9.17, 15) is 4.79 Å². The molecule has 24 heavy (non-hydrogen) atoms. The monoisotopic (exact) mass is 322 g/mol. The predicted molar refractivity (Wildman–Crippen MR) is 90.7 cm³/mol. The van der Waals surface area contributed by atoms with Gasteiger partial charge in [0.05, 0.1) is 31.0 Å². The summed E-state index contributed by atoms with van der Waals surface area (Å²) < 4.78 is 5.80. The fraction of sp³-hybridized carbons (Fsp3) is 0.278. The van der Waals surface area contributed by atoms with E-state index in [1.54, 1.807) is 6.20 Å². The molecule has 3 aromatic rings. The Morgan fingerprint density at radius 2 is 2.29 bits per heavy atom. The molecule has 1 aromatic carbocycles. The zero-order chi connectivity index (χ0) is 16.5. The van der Waals surface area contributed by atoms with Gasteiger partial charge in [-0.05, 0) is 30.5 Å². The van der Waals surface area contributed by atoms with Crippen LogP contribution in [-0.4, -0.2) is 27.7 Å². The lowest BCUT2D eigenvalue weighted by Gasteiger charge is -2.25. The maximum Gasteiger partial charge on any atom is 0.227 e. The van der Waals surface area contributed by atoms with Crippen molar-refractivity contribution in [3.05, 3.63) is 53.3 Å². The summed E-state index contributed by atoms with van der Waals surface area (Å²) in [4.78, 5) is 16.7. The van der Waals surface area contributed by atoms with Gasteiger partial charge in [0.15, 0.2) is 5.65 Å². The van der Waals surface area contributed by atoms with E-state index in [2.05, 4.69) is 26.6 Å². The molecule has 0 unspecified atom stereocenters. The number of nitrogens with one attached hydrogen (secondary N) is 2. The molecule has 2 N–H and O–H groups in total. The number of hydrogen-bond acceptors (Lipinski definition) is 4. The molecule has 6 heteroatoms. The Labute approximate surface area is 139 Å². The van der Waals surface area contributed by atoms with Crippen LogP contribution in [0.1, 0.15) is 29.3 Å². The summed E-state index contributed by atoms with van der Waals surface area (Å²) in [5.41, 5.74) is 4.62. The van der Waals surface area contributed by atoms with Crippen LogP contribution in [0.25, 0.3) is 11.0 Å². The van der Waals surface area contributed by atoms with Crippen LogP contribution in [0.3, 0.4) is 0 Å². The van der Waals surface area contributed by atoms with Gasteiger partial charge in [0.2, 0.25) is 5.91 Å². The Morgan fingerprint density at radius 1 is 1.42 bits per heavy atom. The lowest BCUT2D eigenvalue weighted by molar-refractivity contribution is -0.119. The van der Waals surface area contributed by atoms with E-state index in [1.807, 2.05) is 31.2 Å². The number of H-pyrrole nitrogens is 1. The number of carbonyl (C=O) groups excluding carboxylic acids is 1. The molecule has 1 atom stereocenters. The lowest BCUT2D eigenvalue weighted by atomic mass is 9.95. The van der Waals surface area contributed by atoms with Crippen molar-refractivity contribution < 1.29 is 9.53 Å². The third-order valence-electron chi connectivity index (χ3n) is 4.35. The van der Waals surface area contributed by atoms with Gasteiger partial charge < -0.3 is 10.1 Å². The predicted octanol–water partition coefficient (Wildman–Crippen LogP) is 2.91. The second-order valence-electron chi connectivity index (χ2n) is 6.00. The summed E-state index contributed by atoms with van der Waals surface area (Å²) in [6.45, 7) is 2.58. The number of aromatic nitrogens is 3. The van der Waals surface area contributed by atoms with Gasteiger partial charge in [-0.25, -0.2) is 4.98 Å². The molecule has 6 nitrogen and oxygen atoms in total. The molecular weight excluding hydrogens is 304 g/mol. The number of rotatable bonds is 3. The summed E-state index contributed by atoms with van der Waals surface area (Å²) >= 11 is 0. The van der Waals surface area contributed by atoms with Gasteiger partial charge in [-0.1, -0.05) is 24.3 Å². The third kappa shape index (κ3) is 2.76. The smallest absolute Gasteiger partial charge is 0.227 e. The molecule has 0 saturated heterocycles. The minimum Gasteiger partial charge on any atom is -0.373 e. The van der Waals surface area contributed by atoms with Crippen LogP contribution in [-0.2, 0) is 16.0 Å². The van der Waals surface area contributed by atoms with Crippen molar-refractivity contribution >= 4 is 22.6 Å². The molecule has 3 heterocycles. The number of carbonyl (C=O) groups is 1. The largest absolute Gasteiger partial charge is 0.373 e. The summed E-state index contributed by atoms with van der Waals surface area (Å²) in [5.74, 6) is -0.0843. The number of aromatic amines is 1. The molecule has 0 bridgehead atoms. The van der Waals surface area contributed by atoms with E-state index in [0.29, 0.717) is 24.4 Å². The number of benzene rings is 1. The average Bonchev–Trinajstić information content (AvgIpc) is 2.96. The quantitative estimate of drug-likeness (QED) is 0.777. The number of ether oxygens (including phenoxy) is 1. The Bertz CT molecular complexity index is 903. The van der Waals surface area contributed by atoms with Gasteiger partial charge in [-0.15, -0.1) is 0 Å². The van der Waals surface area contributed by atoms with Crippen molar-refractivity contribution in [3.8, 4) is 0 Å². The maximum absolute atomic E-state index is 12.4. The summed E-state index contributed by atoms with van der Waals surface area (Å²) in [6.07, 6.45) is 2.62. The molecule has 1 amide bonds. The number of pyridine rings is 1. The second kappa shape index (κ2) is 6.05. The van der Waals surface area contributed by atoms with Gasteiger partial charge in [0, 0.05) is 11.1 Å². The number of amides is 1. The summed E-state index contributed by atoms with van der Waals surface area (Å²) in [7, 11) is 0. The highest BCUT2D eigenvalue weighted by molar-refractivity contribution is 5.93. The van der Waals surface area contributed by atoms with Gasteiger partial charge in [-0.2, -0.15) is 5.10 Å². The Hall–Kier alpha value is -2.73. The van der Waals surface area contributed by atoms with Crippen molar-refractivity contribution in [2.75, 3.05) is 11.9 Å². The first-order chi connectivity index (χ1) is 11.7. The molecular formula is C18H18N4O2. The van der Waals surface area contributed by atoms with Gasteiger partial charge in [0.1, 0.15) is 0 Å². The van der Waals surface area contributed by atoms with E-state index in [0.717, 1.165) is 23.1 Å². The van der Waals surface area contributed by atoms with Crippen LogP contribution >= 0.6 is 0 Å². The topological polar surface area (TPSA) is 79.9 Å². The minimum absolute atomic E-state index is 0.0843. The number of nitrogens with zero attached hydrogens (tertiary/aromatic N) is 2. The molecule has 0 fully saturated rings. The second-order valence-corrected chi connectivity index (χ2v) is 6.00. The maximum atomic E-state index is 12.4. The summed E-state index contributed by atoms with van der Waals surface area (Å²) in [6, 6.07) is 10.0. The zero-order valence-corrected chi connectivity index (χ0v) is 13.4. The van der Waals surface area contributed by atoms with Gasteiger partial charge >= 0.3 is 0 Å². The van der Waals surface area contributed by atoms with Crippen LogP contribution in [0.2, 0.25) is 0 Å². The van der Waals surface area contributed by atoms with Crippen molar-refractivity contribution in [2.24, 2.45) is 0 Å². The molecule has 1 aliphatic heterocycles. The van der Waals surface area contributed by atoms with Crippen LogP contribution in [0.4, 0.5) is 5.69 Å². The molecule has 122 valence electrons. The Morgan fingerprint density at radius 3 is 3.21 bits per heavy atom.